The minimum atomic E-state index is 0.415. The van der Waals surface area contributed by atoms with E-state index in [9.17, 15) is 0 Å². The molecule has 0 heterocycles. The van der Waals surface area contributed by atoms with Crippen LogP contribution < -0.4 is 11.3 Å². The Hall–Kier alpha value is -0.860. The first-order valence-corrected chi connectivity index (χ1v) is 7.87. The molecule has 3 N–H and O–H groups in total. The normalized spacial score (nSPS) is 12.5. The maximum Gasteiger partial charge on any atom is 0.0250 e. The van der Waals surface area contributed by atoms with Gasteiger partial charge < -0.3 is 0 Å². The highest BCUT2D eigenvalue weighted by molar-refractivity contribution is 5.15. The van der Waals surface area contributed by atoms with Crippen LogP contribution in [0.5, 0.6) is 0 Å². The van der Waals surface area contributed by atoms with Crippen molar-refractivity contribution in [3.63, 3.8) is 0 Å². The molecule has 0 spiro atoms. The number of nitrogens with two attached hydrogens (primary N) is 1. The van der Waals surface area contributed by atoms with E-state index < -0.39 is 0 Å². The average Bonchev–Trinajstić information content (AvgIpc) is 2.46. The van der Waals surface area contributed by atoms with Crippen LogP contribution in [-0.4, -0.2) is 6.04 Å². The molecule has 1 rings (SSSR count). The van der Waals surface area contributed by atoms with Crippen molar-refractivity contribution in [2.24, 2.45) is 5.84 Å². The Balaban J connectivity index is 2.09. The first-order valence-electron chi connectivity index (χ1n) is 7.87. The molecule has 2 nitrogen and oxygen atoms in total. The first-order chi connectivity index (χ1) is 9.36. The lowest BCUT2D eigenvalue weighted by molar-refractivity contribution is 0.458. The lowest BCUT2D eigenvalue weighted by Gasteiger charge is -2.15. The molecule has 0 radical (unpaired) electrons. The summed E-state index contributed by atoms with van der Waals surface area (Å²) in [4.78, 5) is 0. The lowest BCUT2D eigenvalue weighted by Crippen LogP contribution is -2.36. The molecule has 0 aliphatic rings. The Kier molecular flexibility index (Phi) is 9.38. The Labute approximate surface area is 118 Å². The van der Waals surface area contributed by atoms with Crippen LogP contribution in [0.4, 0.5) is 0 Å². The van der Waals surface area contributed by atoms with Gasteiger partial charge in [0.15, 0.2) is 0 Å². The molecule has 1 aromatic rings. The quantitative estimate of drug-likeness (QED) is 0.356. The van der Waals surface area contributed by atoms with Gasteiger partial charge in [-0.1, -0.05) is 82.2 Å². The molecule has 0 aromatic heterocycles. The minimum absolute atomic E-state index is 0.415. The molecule has 0 saturated carbocycles. The summed E-state index contributed by atoms with van der Waals surface area (Å²) in [6.45, 7) is 2.26. The predicted molar refractivity (Wildman–Crippen MR) is 83.9 cm³/mol. The molecule has 0 aliphatic heterocycles. The Morgan fingerprint density at radius 1 is 0.947 bits per heavy atom. The molecule has 19 heavy (non-hydrogen) atoms. The van der Waals surface area contributed by atoms with Crippen LogP contribution in [0.2, 0.25) is 0 Å². The van der Waals surface area contributed by atoms with Crippen LogP contribution in [0, 0.1) is 0 Å². The standard InChI is InChI=1S/C17H30N2/c1-2-3-4-5-6-7-11-14-17(19-18)15-16-12-9-8-10-13-16/h8-10,12-13,17,19H,2-7,11,14-15,18H2,1H3. The van der Waals surface area contributed by atoms with Crippen molar-refractivity contribution >= 4 is 0 Å². The van der Waals surface area contributed by atoms with Crippen molar-refractivity contribution in [3.05, 3.63) is 35.9 Å². The monoisotopic (exact) mass is 262 g/mol. The van der Waals surface area contributed by atoms with Crippen molar-refractivity contribution in [2.45, 2.75) is 70.8 Å². The zero-order valence-electron chi connectivity index (χ0n) is 12.4. The van der Waals surface area contributed by atoms with Crippen molar-refractivity contribution in [3.8, 4) is 0 Å². The van der Waals surface area contributed by atoms with Gasteiger partial charge in [-0.05, 0) is 18.4 Å². The summed E-state index contributed by atoms with van der Waals surface area (Å²) in [6.07, 6.45) is 11.7. The van der Waals surface area contributed by atoms with Crippen molar-refractivity contribution in [1.82, 2.24) is 5.43 Å². The maximum absolute atomic E-state index is 5.65. The summed E-state index contributed by atoms with van der Waals surface area (Å²) < 4.78 is 0. The highest BCUT2D eigenvalue weighted by Gasteiger charge is 2.06. The van der Waals surface area contributed by atoms with Crippen LogP contribution in [0.3, 0.4) is 0 Å². The topological polar surface area (TPSA) is 38.0 Å². The average molecular weight is 262 g/mol. The number of rotatable bonds is 11. The fraction of sp³-hybridized carbons (Fsp3) is 0.647. The number of hydrogen-bond donors (Lipinski definition) is 2. The number of unbranched alkanes of at least 4 members (excludes halogenated alkanes) is 6. The van der Waals surface area contributed by atoms with Crippen LogP contribution in [-0.2, 0) is 6.42 Å². The summed E-state index contributed by atoms with van der Waals surface area (Å²) in [7, 11) is 0. The van der Waals surface area contributed by atoms with Crippen molar-refractivity contribution in [1.29, 1.82) is 0 Å². The number of hydrogen-bond acceptors (Lipinski definition) is 2. The van der Waals surface area contributed by atoms with E-state index in [1.54, 1.807) is 0 Å². The molecule has 0 fully saturated rings. The van der Waals surface area contributed by atoms with E-state index in [0.717, 1.165) is 6.42 Å². The van der Waals surface area contributed by atoms with Gasteiger partial charge in [0.05, 0.1) is 0 Å². The predicted octanol–water partition coefficient (Wildman–Crippen LogP) is 4.20. The summed E-state index contributed by atoms with van der Waals surface area (Å²) in [5, 5.41) is 0. The van der Waals surface area contributed by atoms with Crippen LogP contribution in [0.1, 0.15) is 63.9 Å². The third-order valence-corrected chi connectivity index (χ3v) is 3.72. The summed E-state index contributed by atoms with van der Waals surface area (Å²) in [5.41, 5.74) is 4.33. The van der Waals surface area contributed by atoms with Gasteiger partial charge in [-0.2, -0.15) is 0 Å². The Bertz CT molecular complexity index is 297. The van der Waals surface area contributed by atoms with E-state index in [1.807, 2.05) is 0 Å². The molecule has 108 valence electrons. The van der Waals surface area contributed by atoms with E-state index in [2.05, 4.69) is 42.7 Å². The SMILES string of the molecule is CCCCCCCCCC(Cc1ccccc1)NN. The largest absolute Gasteiger partial charge is 0.271 e. The van der Waals surface area contributed by atoms with E-state index in [-0.39, 0.29) is 0 Å². The first kappa shape index (κ1) is 16.2. The number of hydrazine groups is 1. The van der Waals surface area contributed by atoms with E-state index in [0.29, 0.717) is 6.04 Å². The molecule has 0 saturated heterocycles. The van der Waals surface area contributed by atoms with Gasteiger partial charge in [0, 0.05) is 6.04 Å². The summed E-state index contributed by atoms with van der Waals surface area (Å²) >= 11 is 0. The molecule has 0 amide bonds. The van der Waals surface area contributed by atoms with E-state index in [4.69, 9.17) is 5.84 Å². The summed E-state index contributed by atoms with van der Waals surface area (Å²) in [5.74, 6) is 5.65. The number of nitrogens with one attached hydrogen (secondary N) is 1. The molecule has 0 aliphatic carbocycles. The van der Waals surface area contributed by atoms with Crippen molar-refractivity contribution in [2.75, 3.05) is 0 Å². The van der Waals surface area contributed by atoms with Crippen LogP contribution >= 0.6 is 0 Å². The zero-order valence-corrected chi connectivity index (χ0v) is 12.4. The van der Waals surface area contributed by atoms with Gasteiger partial charge in [0.2, 0.25) is 0 Å². The molecular formula is C17H30N2. The van der Waals surface area contributed by atoms with Gasteiger partial charge in [-0.25, -0.2) is 0 Å². The molecule has 0 bridgehead atoms. The summed E-state index contributed by atoms with van der Waals surface area (Å²) in [6, 6.07) is 11.0. The van der Waals surface area contributed by atoms with Gasteiger partial charge >= 0.3 is 0 Å². The maximum atomic E-state index is 5.65. The fourth-order valence-electron chi connectivity index (χ4n) is 2.49. The van der Waals surface area contributed by atoms with E-state index >= 15 is 0 Å². The van der Waals surface area contributed by atoms with Gasteiger partial charge in [0.25, 0.3) is 0 Å². The lowest BCUT2D eigenvalue weighted by atomic mass is 10.00. The zero-order chi connectivity index (χ0) is 13.8. The van der Waals surface area contributed by atoms with Crippen LogP contribution in [0.25, 0.3) is 0 Å². The third kappa shape index (κ3) is 8.02. The molecule has 1 unspecified atom stereocenters. The number of benzene rings is 1. The van der Waals surface area contributed by atoms with E-state index in [1.165, 1.54) is 56.9 Å². The smallest absolute Gasteiger partial charge is 0.0250 e. The Morgan fingerprint density at radius 2 is 1.58 bits per heavy atom. The molecule has 2 heteroatoms. The van der Waals surface area contributed by atoms with Crippen molar-refractivity contribution < 1.29 is 0 Å². The second kappa shape index (κ2) is 11.0. The second-order valence-corrected chi connectivity index (χ2v) is 5.46. The fourth-order valence-corrected chi connectivity index (χ4v) is 2.49. The van der Waals surface area contributed by atoms with Gasteiger partial charge in [-0.15, -0.1) is 0 Å². The van der Waals surface area contributed by atoms with Gasteiger partial charge in [-0.3, -0.25) is 11.3 Å². The molecular weight excluding hydrogens is 232 g/mol. The molecule has 1 aromatic carbocycles. The Morgan fingerprint density at radius 3 is 2.21 bits per heavy atom. The second-order valence-electron chi connectivity index (χ2n) is 5.46. The molecule has 1 atom stereocenters. The van der Waals surface area contributed by atoms with Crippen LogP contribution in [0.15, 0.2) is 30.3 Å². The highest BCUT2D eigenvalue weighted by atomic mass is 15.2. The minimum Gasteiger partial charge on any atom is -0.271 e. The van der Waals surface area contributed by atoms with Gasteiger partial charge in [0.1, 0.15) is 0 Å². The third-order valence-electron chi connectivity index (χ3n) is 3.72. The highest BCUT2D eigenvalue weighted by Crippen LogP contribution is 2.12.